The van der Waals surface area contributed by atoms with Crippen LogP contribution >= 0.6 is 0 Å². The van der Waals surface area contributed by atoms with Gasteiger partial charge in [0.15, 0.2) is 0 Å². The lowest BCUT2D eigenvalue weighted by molar-refractivity contribution is 1.03. The highest BCUT2D eigenvalue weighted by atomic mass is 14.7. The molecule has 1 nitrogen and oxygen atoms in total. The summed E-state index contributed by atoms with van der Waals surface area (Å²) in [6.45, 7) is 0. The Labute approximate surface area is 293 Å². The van der Waals surface area contributed by atoms with Gasteiger partial charge in [-0.1, -0.05) is 94.6 Å². The first-order chi connectivity index (χ1) is 23.0. The van der Waals surface area contributed by atoms with Crippen LogP contribution in [0.1, 0.15) is 22.6 Å². The molecule has 0 amide bonds. The molecular weight excluding hydrogens is 567 g/mol. The normalized spacial score (nSPS) is 13.6. The molecule has 6 aromatic carbocycles. The molecule has 7 aromatic rings. The Bertz CT molecular complexity index is 2390. The fraction of sp³-hybridized carbons (Fsp3) is 0.0270. The Kier molecular flexibility index (Phi) is 7.22. The van der Waals surface area contributed by atoms with E-state index >= 15 is 0 Å². The molecule has 0 radical (unpaired) electrons. The highest BCUT2D eigenvalue weighted by Crippen LogP contribution is 2.54. The van der Waals surface area contributed by atoms with E-state index in [-0.39, 0.29) is 5.92 Å². The summed E-state index contributed by atoms with van der Waals surface area (Å²) in [6.07, 6.45) is 0. The van der Waals surface area contributed by atoms with Gasteiger partial charge in [0.05, 0.1) is 5.52 Å². The van der Waals surface area contributed by atoms with Gasteiger partial charge in [-0.15, -0.1) is 32.8 Å². The first-order valence-electron chi connectivity index (χ1n) is 17.4. The van der Waals surface area contributed by atoms with Gasteiger partial charge in [0.1, 0.15) is 78.5 Å². The number of aromatic amines is 1. The van der Waals surface area contributed by atoms with Crippen molar-refractivity contribution in [2.75, 3.05) is 0 Å². The second-order valence-corrected chi connectivity index (χ2v) is 14.4. The maximum Gasteiger partial charge on any atom is 0.139 e. The summed E-state index contributed by atoms with van der Waals surface area (Å²) < 4.78 is 0. The van der Waals surface area contributed by atoms with Crippen LogP contribution in [0.25, 0.3) is 55.2 Å². The van der Waals surface area contributed by atoms with E-state index in [9.17, 15) is 0 Å². The van der Waals surface area contributed by atoms with Crippen LogP contribution < -0.4 is 54.6 Å². The van der Waals surface area contributed by atoms with E-state index in [0.717, 1.165) is 0 Å². The lowest BCUT2D eigenvalue weighted by atomic mass is 9.58. The summed E-state index contributed by atoms with van der Waals surface area (Å²) in [6, 6.07) is 29.8. The zero-order valence-corrected chi connectivity index (χ0v) is 30.1. The van der Waals surface area contributed by atoms with Crippen LogP contribution in [0.2, 0.25) is 0 Å². The average molecular weight is 602 g/mol. The fourth-order valence-electron chi connectivity index (χ4n) is 9.04. The van der Waals surface area contributed by atoms with Gasteiger partial charge in [0.25, 0.3) is 0 Å². The molecule has 218 valence electrons. The van der Waals surface area contributed by atoms with Gasteiger partial charge in [-0.3, -0.25) is 0 Å². The molecule has 0 aliphatic heterocycles. The Morgan fingerprint density at radius 1 is 0.375 bits per heavy atom. The Balaban J connectivity index is 1.59. The topological polar surface area (TPSA) is 15.8 Å². The van der Waals surface area contributed by atoms with Crippen molar-refractivity contribution in [3.05, 3.63) is 95.6 Å². The summed E-state index contributed by atoms with van der Waals surface area (Å²) in [7, 11) is 23.1. The first kappa shape index (κ1) is 31.1. The molecule has 0 spiro atoms. The van der Waals surface area contributed by atoms with Gasteiger partial charge < -0.3 is 4.98 Å². The molecule has 11 heteroatoms. The van der Waals surface area contributed by atoms with Gasteiger partial charge in [-0.2, -0.15) is 0 Å². The molecule has 0 bridgehead atoms. The molecule has 1 atom stereocenters. The molecule has 0 saturated heterocycles. The third kappa shape index (κ3) is 4.19. The van der Waals surface area contributed by atoms with Gasteiger partial charge in [-0.05, 0) is 56.1 Å². The minimum Gasteiger partial charge on any atom is -0.354 e. The molecule has 1 heterocycles. The van der Waals surface area contributed by atoms with Gasteiger partial charge in [0.2, 0.25) is 0 Å². The monoisotopic (exact) mass is 603 g/mol. The predicted molar refractivity (Wildman–Crippen MR) is 241 cm³/mol. The fourth-order valence-corrected chi connectivity index (χ4v) is 9.04. The van der Waals surface area contributed by atoms with E-state index < -0.39 is 0 Å². The van der Waals surface area contributed by atoms with Crippen molar-refractivity contribution in [2.24, 2.45) is 0 Å². The smallest absolute Gasteiger partial charge is 0.139 e. The minimum atomic E-state index is 0.0561. The summed E-state index contributed by atoms with van der Waals surface area (Å²) >= 11 is 0. The molecule has 1 aliphatic rings. The maximum atomic E-state index is 3.93. The molecule has 0 fully saturated rings. The van der Waals surface area contributed by atoms with Crippen molar-refractivity contribution in [2.45, 2.75) is 5.92 Å². The largest absolute Gasteiger partial charge is 0.354 e. The molecular formula is C37H35B10N. The van der Waals surface area contributed by atoms with E-state index in [1.165, 1.54) is 127 Å². The van der Waals surface area contributed by atoms with Crippen molar-refractivity contribution in [1.82, 2.24) is 4.98 Å². The van der Waals surface area contributed by atoms with Crippen LogP contribution in [0.4, 0.5) is 0 Å². The molecule has 8 rings (SSSR count). The summed E-state index contributed by atoms with van der Waals surface area (Å²) in [5, 5.41) is 2.58. The summed E-state index contributed by atoms with van der Waals surface area (Å²) in [5.41, 5.74) is 28.7. The highest BCUT2D eigenvalue weighted by Gasteiger charge is 2.36. The van der Waals surface area contributed by atoms with Crippen LogP contribution in [-0.2, 0) is 0 Å². The van der Waals surface area contributed by atoms with Crippen LogP contribution in [0.15, 0.2) is 78.9 Å². The van der Waals surface area contributed by atoms with E-state index in [0.29, 0.717) is 0 Å². The Morgan fingerprint density at radius 2 is 0.854 bits per heavy atom. The van der Waals surface area contributed by atoms with Gasteiger partial charge in [0, 0.05) is 22.2 Å². The van der Waals surface area contributed by atoms with E-state index in [2.05, 4.69) is 162 Å². The third-order valence-corrected chi connectivity index (χ3v) is 12.5. The second-order valence-electron chi connectivity index (χ2n) is 14.4. The molecule has 1 aliphatic carbocycles. The minimum absolute atomic E-state index is 0.0561. The maximum absolute atomic E-state index is 3.93. The predicted octanol–water partition coefficient (Wildman–Crippen LogP) is -7.60. The van der Waals surface area contributed by atoms with Gasteiger partial charge in [-0.25, -0.2) is 0 Å². The SMILES string of the molecule is Bc1c(B)c(B)c(-c2cccc(-c3c(B)c(B)c(B)c(B)c3B)c2C2c3ccccc3-c3ccc4c([nH]c5ccccc54)c32)c(B)c1B. The number of hydrogen-bond acceptors (Lipinski definition) is 0. The van der Waals surface area contributed by atoms with Crippen molar-refractivity contribution in [1.29, 1.82) is 0 Å². The third-order valence-electron chi connectivity index (χ3n) is 12.5. The van der Waals surface area contributed by atoms with Crippen molar-refractivity contribution in [3.63, 3.8) is 0 Å². The summed E-state index contributed by atoms with van der Waals surface area (Å²) in [4.78, 5) is 3.93. The number of aromatic nitrogens is 1. The standard InChI is InChI=1S/C37H35B10N/c38-27-25(28(39)32(43)35(46)31(27)42)19-9-5-10-20(26-29(40)33(44)36(47)34(45)30(26)41)22(19)23-16-8-2-1-6-14(16)17-12-13-18-15-7-3-4-11-21(15)48-37(18)24(17)23/h1-13,23,48H,38-47H2. The van der Waals surface area contributed by atoms with Gasteiger partial charge >= 0.3 is 0 Å². The molecule has 48 heavy (non-hydrogen) atoms. The van der Waals surface area contributed by atoms with Crippen LogP contribution in [0.5, 0.6) is 0 Å². The van der Waals surface area contributed by atoms with E-state index in [1.807, 2.05) is 0 Å². The number of nitrogens with one attached hydrogen (secondary N) is 1. The zero-order chi connectivity index (χ0) is 33.8. The molecule has 1 unspecified atom stereocenters. The number of benzene rings is 6. The average Bonchev–Trinajstić information content (AvgIpc) is 3.64. The van der Waals surface area contributed by atoms with Crippen molar-refractivity contribution >= 4 is 155 Å². The number of fused-ring (bicyclic) bond motifs is 7. The van der Waals surface area contributed by atoms with Crippen LogP contribution in [0.3, 0.4) is 0 Å². The Hall–Kier alpha value is -4.23. The number of para-hydroxylation sites is 1. The van der Waals surface area contributed by atoms with Crippen molar-refractivity contribution in [3.8, 4) is 33.4 Å². The molecule has 1 N–H and O–H groups in total. The highest BCUT2D eigenvalue weighted by molar-refractivity contribution is 6.70. The van der Waals surface area contributed by atoms with Crippen molar-refractivity contribution < 1.29 is 0 Å². The van der Waals surface area contributed by atoms with E-state index in [4.69, 9.17) is 0 Å². The number of rotatable bonds is 3. The number of H-pyrrole nitrogens is 1. The van der Waals surface area contributed by atoms with E-state index in [1.54, 1.807) is 0 Å². The lowest BCUT2D eigenvalue weighted by Gasteiger charge is -2.29. The van der Waals surface area contributed by atoms with Crippen LogP contribution in [-0.4, -0.2) is 83.4 Å². The Morgan fingerprint density at radius 3 is 1.44 bits per heavy atom. The molecule has 1 aromatic heterocycles. The van der Waals surface area contributed by atoms with Crippen LogP contribution in [0, 0.1) is 0 Å². The first-order valence-corrected chi connectivity index (χ1v) is 17.4. The second kappa shape index (κ2) is 11.2. The molecule has 0 saturated carbocycles. The number of hydrogen-bond donors (Lipinski definition) is 1. The quantitative estimate of drug-likeness (QED) is 0.194. The lowest BCUT2D eigenvalue weighted by Crippen LogP contribution is -2.55. The summed E-state index contributed by atoms with van der Waals surface area (Å²) in [5.74, 6) is 0.0561. The zero-order valence-electron chi connectivity index (χ0n) is 30.1.